The van der Waals surface area contributed by atoms with Crippen LogP contribution in [0.15, 0.2) is 425 Å². The molecule has 0 bridgehead atoms. The second kappa shape index (κ2) is 33.3. The van der Waals surface area contributed by atoms with Crippen LogP contribution in [0.1, 0.15) is 0 Å². The van der Waals surface area contributed by atoms with E-state index in [0.29, 0.717) is 81.4 Å². The van der Waals surface area contributed by atoms with Crippen molar-refractivity contribution in [3.63, 3.8) is 0 Å². The SMILES string of the molecule is c1ccc(-c2nc(-c3ccccc3)nc(-c3cccc(-c4cc(-c5cccc(-c6nc(-c7ccccc7)nc(-c7ccccc7)n6)c5)cc(-c5ccccc5Oc5ccccc5-c5cc(-c6cccc(-c7nc(-c8ccccc8)nc(-c8ccccc8)n7)c6)cc(-c6cccc(-c7nc(-c8ccccc8)nc(-c8ccccc8)n7)c6)c5)c4)c3)n2)cc1. The molecule has 0 aliphatic rings. The Morgan fingerprint density at radius 1 is 0.107 bits per heavy atom. The molecule has 4 heterocycles. The first-order valence-electron chi connectivity index (χ1n) is 40.0. The highest BCUT2D eigenvalue weighted by atomic mass is 16.5. The van der Waals surface area contributed by atoms with Crippen LogP contribution in [0, 0.1) is 0 Å². The molecule has 0 atom stereocenters. The number of rotatable bonds is 20. The molecule has 0 N–H and O–H groups in total. The molecule has 0 aliphatic carbocycles. The molecule has 20 aromatic rings. The van der Waals surface area contributed by atoms with Gasteiger partial charge in [0.2, 0.25) is 0 Å². The maximum atomic E-state index is 7.53. The summed E-state index contributed by atoms with van der Waals surface area (Å²) in [7, 11) is 0. The van der Waals surface area contributed by atoms with E-state index in [0.717, 1.165) is 134 Å². The van der Waals surface area contributed by atoms with Crippen LogP contribution in [0.25, 0.3) is 203 Å². The Morgan fingerprint density at radius 2 is 0.248 bits per heavy atom. The van der Waals surface area contributed by atoms with Gasteiger partial charge in [0, 0.05) is 77.9 Å². The van der Waals surface area contributed by atoms with Crippen LogP contribution < -0.4 is 4.74 Å². The molecule has 16 aromatic carbocycles. The Morgan fingerprint density at radius 3 is 0.446 bits per heavy atom. The monoisotopic (exact) mass is 1550 g/mol. The van der Waals surface area contributed by atoms with Crippen LogP contribution in [0.4, 0.5) is 0 Å². The van der Waals surface area contributed by atoms with Crippen molar-refractivity contribution in [2.24, 2.45) is 0 Å². The van der Waals surface area contributed by atoms with Gasteiger partial charge in [-0.05, 0) is 128 Å². The van der Waals surface area contributed by atoms with E-state index in [1.165, 1.54) is 0 Å². The fourth-order valence-corrected chi connectivity index (χ4v) is 15.0. The molecule has 13 nitrogen and oxygen atoms in total. The van der Waals surface area contributed by atoms with Crippen molar-refractivity contribution in [1.82, 2.24) is 59.8 Å². The van der Waals surface area contributed by atoms with E-state index >= 15 is 0 Å². The molecule has 20 rings (SSSR count). The minimum atomic E-state index is 0.544. The van der Waals surface area contributed by atoms with Gasteiger partial charge in [-0.2, -0.15) is 0 Å². The summed E-state index contributed by atoms with van der Waals surface area (Å²) in [5.74, 6) is 8.06. The highest BCUT2D eigenvalue weighted by Crippen LogP contribution is 2.45. The molecule has 0 fully saturated rings. The van der Waals surface area contributed by atoms with Gasteiger partial charge in [-0.1, -0.05) is 352 Å². The van der Waals surface area contributed by atoms with Gasteiger partial charge < -0.3 is 4.74 Å². The van der Waals surface area contributed by atoms with Crippen LogP contribution in [-0.4, -0.2) is 59.8 Å². The fourth-order valence-electron chi connectivity index (χ4n) is 15.0. The summed E-state index contributed by atoms with van der Waals surface area (Å²) in [5.41, 5.74) is 21.5. The molecule has 0 saturated carbocycles. The molecule has 0 aliphatic heterocycles. The van der Waals surface area contributed by atoms with E-state index in [2.05, 4.69) is 158 Å². The Labute approximate surface area is 699 Å². The lowest BCUT2D eigenvalue weighted by Crippen LogP contribution is -2.00. The van der Waals surface area contributed by atoms with Gasteiger partial charge in [-0.3, -0.25) is 0 Å². The zero-order valence-corrected chi connectivity index (χ0v) is 65.2. The van der Waals surface area contributed by atoms with Crippen LogP contribution in [0.2, 0.25) is 0 Å². The molecule has 13 heteroatoms. The predicted octanol–water partition coefficient (Wildman–Crippen LogP) is 26.2. The Balaban J connectivity index is 0.727. The fraction of sp³-hybridized carbons (Fsp3) is 0. The molecule has 0 spiro atoms. The third kappa shape index (κ3) is 16.0. The third-order valence-corrected chi connectivity index (χ3v) is 21.1. The van der Waals surface area contributed by atoms with Crippen molar-refractivity contribution in [3.05, 3.63) is 425 Å². The van der Waals surface area contributed by atoms with Crippen molar-refractivity contribution in [1.29, 1.82) is 0 Å². The second-order valence-corrected chi connectivity index (χ2v) is 29.2. The second-order valence-electron chi connectivity index (χ2n) is 29.2. The molecule has 0 unspecified atom stereocenters. The molecule has 0 radical (unpaired) electrons. The summed E-state index contributed by atoms with van der Waals surface area (Å²) < 4.78 is 7.53. The predicted molar refractivity (Wildman–Crippen MR) is 484 cm³/mol. The van der Waals surface area contributed by atoms with Crippen LogP contribution >= 0.6 is 0 Å². The lowest BCUT2D eigenvalue weighted by atomic mass is 9.91. The standard InChI is InChI=1S/C108H70N12O/c1-9-33-71(34-10-1)97-109-98(72-35-11-2-12-36-72)114-105(113-97)83-53-29-49-79(61-83)87-65-88(80-50-30-54-84(62-80)106-115-99(73-37-13-3-14-38-73)110-100(116-106)74-39-15-4-16-40-74)68-91(67-87)93-57-25-27-59-95(93)121-96-60-28-26-58-94(96)92-69-89(81-51-31-55-85(63-81)107-117-101(75-41-17-5-18-42-75)111-102(118-107)76-43-19-6-20-44-76)66-90(70-92)82-52-32-56-86(64-82)108-119-103(77-45-21-7-22-46-77)112-104(120-108)78-47-23-8-24-48-78/h1-70H. The quantitative estimate of drug-likeness (QED) is 0.0709. The first kappa shape index (κ1) is 73.3. The minimum absolute atomic E-state index is 0.544. The number of nitrogens with zero attached hydrogens (tertiary/aromatic N) is 12. The third-order valence-electron chi connectivity index (χ3n) is 21.1. The molecule has 4 aromatic heterocycles. The smallest absolute Gasteiger partial charge is 0.164 e. The number of benzene rings is 16. The van der Waals surface area contributed by atoms with Gasteiger partial charge in [0.15, 0.2) is 69.9 Å². The molecule has 0 amide bonds. The average Bonchev–Trinajstić information content (AvgIpc) is 0.783. The van der Waals surface area contributed by atoms with Gasteiger partial charge in [0.05, 0.1) is 0 Å². The number of para-hydroxylation sites is 2. The van der Waals surface area contributed by atoms with Gasteiger partial charge in [0.25, 0.3) is 0 Å². The number of aromatic nitrogens is 12. The van der Waals surface area contributed by atoms with E-state index in [-0.39, 0.29) is 0 Å². The lowest BCUT2D eigenvalue weighted by molar-refractivity contribution is 0.486. The normalized spacial score (nSPS) is 11.1. The van der Waals surface area contributed by atoms with Gasteiger partial charge in [-0.25, -0.2) is 59.8 Å². The van der Waals surface area contributed by atoms with Gasteiger partial charge in [-0.15, -0.1) is 0 Å². The maximum Gasteiger partial charge on any atom is 0.164 e. The van der Waals surface area contributed by atoms with E-state index in [9.17, 15) is 0 Å². The van der Waals surface area contributed by atoms with E-state index in [4.69, 9.17) is 64.5 Å². The van der Waals surface area contributed by atoms with E-state index in [1.54, 1.807) is 0 Å². The van der Waals surface area contributed by atoms with Crippen molar-refractivity contribution in [3.8, 4) is 215 Å². The summed E-state index contributed by atoms with van der Waals surface area (Å²) in [5, 5.41) is 0. The van der Waals surface area contributed by atoms with Crippen LogP contribution in [0.5, 0.6) is 11.5 Å². The van der Waals surface area contributed by atoms with Crippen LogP contribution in [0.3, 0.4) is 0 Å². The minimum Gasteiger partial charge on any atom is -0.456 e. The van der Waals surface area contributed by atoms with Gasteiger partial charge >= 0.3 is 0 Å². The summed E-state index contributed by atoms with van der Waals surface area (Å²) >= 11 is 0. The summed E-state index contributed by atoms with van der Waals surface area (Å²) in [6.45, 7) is 0. The number of hydrogen-bond acceptors (Lipinski definition) is 13. The lowest BCUT2D eigenvalue weighted by Gasteiger charge is -2.18. The zero-order valence-electron chi connectivity index (χ0n) is 65.2. The Bertz CT molecular complexity index is 6120. The molecule has 0 saturated heterocycles. The number of ether oxygens (including phenoxy) is 1. The zero-order chi connectivity index (χ0) is 80.6. The molecule has 568 valence electrons. The van der Waals surface area contributed by atoms with E-state index in [1.807, 2.05) is 267 Å². The molecular formula is C108H70N12O. The van der Waals surface area contributed by atoms with Crippen LogP contribution in [-0.2, 0) is 0 Å². The number of hydrogen-bond donors (Lipinski definition) is 0. The van der Waals surface area contributed by atoms with Gasteiger partial charge in [0.1, 0.15) is 11.5 Å². The van der Waals surface area contributed by atoms with E-state index < -0.39 is 0 Å². The first-order chi connectivity index (χ1) is 59.9. The first-order valence-corrected chi connectivity index (χ1v) is 40.0. The Hall–Kier alpha value is -16.6. The van der Waals surface area contributed by atoms with Crippen molar-refractivity contribution in [2.45, 2.75) is 0 Å². The summed E-state index contributed by atoms with van der Waals surface area (Å²) in [6, 6.07) is 144. The molecular weight excluding hydrogens is 1480 g/mol. The highest BCUT2D eigenvalue weighted by molar-refractivity contribution is 5.89. The average molecular weight is 1550 g/mol. The maximum absolute atomic E-state index is 7.53. The topological polar surface area (TPSA) is 164 Å². The summed E-state index contributed by atoms with van der Waals surface area (Å²) in [6.07, 6.45) is 0. The molecule has 121 heavy (non-hydrogen) atoms. The largest absolute Gasteiger partial charge is 0.456 e. The summed E-state index contributed by atoms with van der Waals surface area (Å²) in [4.78, 5) is 61.6. The Kier molecular flexibility index (Phi) is 20.2. The van der Waals surface area contributed by atoms with Crippen molar-refractivity contribution in [2.75, 3.05) is 0 Å². The highest BCUT2D eigenvalue weighted by Gasteiger charge is 2.23. The van der Waals surface area contributed by atoms with Crippen molar-refractivity contribution < 1.29 is 4.74 Å². The van der Waals surface area contributed by atoms with Crippen molar-refractivity contribution >= 4 is 0 Å².